The van der Waals surface area contributed by atoms with Crippen LogP contribution in [0.4, 0.5) is 17.1 Å². The van der Waals surface area contributed by atoms with Gasteiger partial charge in [0.25, 0.3) is 17.1 Å². The molecule has 0 bridgehead atoms. The molecule has 0 saturated carbocycles. The van der Waals surface area contributed by atoms with Gasteiger partial charge >= 0.3 is 0 Å². The molecule has 0 aromatic heterocycles. The molecule has 1 aliphatic heterocycles. The highest BCUT2D eigenvalue weighted by atomic mass is 16.6. The average Bonchev–Trinajstić information content (AvgIpc) is 2.72. The van der Waals surface area contributed by atoms with Gasteiger partial charge in [0.05, 0.1) is 39.1 Å². The second kappa shape index (κ2) is 10.0. The third-order valence-corrected chi connectivity index (χ3v) is 4.30. The van der Waals surface area contributed by atoms with Crippen LogP contribution < -0.4 is 5.11 Å². The predicted molar refractivity (Wildman–Crippen MR) is 103 cm³/mol. The quantitative estimate of drug-likeness (QED) is 0.418. The van der Waals surface area contributed by atoms with E-state index in [-0.39, 0.29) is 6.61 Å². The van der Waals surface area contributed by atoms with Gasteiger partial charge in [-0.1, -0.05) is 24.3 Å². The predicted octanol–water partition coefficient (Wildman–Crippen LogP) is 1.69. The fraction of sp³-hybridized carbons (Fsp3) is 0.278. The number of nitro benzene ring substituents is 3. The Labute approximate surface area is 169 Å². The molecule has 3 rings (SSSR count). The van der Waals surface area contributed by atoms with Crippen molar-refractivity contribution in [3.05, 3.63) is 77.9 Å². The molecule has 30 heavy (non-hydrogen) atoms. The minimum Gasteiger partial charge on any atom is -0.863 e. The second-order valence-corrected chi connectivity index (χ2v) is 6.29. The number of nitro groups is 3. The second-order valence-electron chi connectivity index (χ2n) is 6.29. The highest BCUT2D eigenvalue weighted by Gasteiger charge is 2.24. The summed E-state index contributed by atoms with van der Waals surface area (Å²) in [7, 11) is 0. The van der Waals surface area contributed by atoms with Crippen molar-refractivity contribution in [3.8, 4) is 5.75 Å². The molecule has 2 aromatic carbocycles. The maximum absolute atomic E-state index is 11.1. The summed E-state index contributed by atoms with van der Waals surface area (Å²) < 4.78 is 2.29. The molecule has 0 spiro atoms. The lowest BCUT2D eigenvalue weighted by Crippen LogP contribution is -2.21. The number of non-ortho nitro benzene ring substituents is 1. The van der Waals surface area contributed by atoms with E-state index in [9.17, 15) is 35.4 Å². The first-order valence-corrected chi connectivity index (χ1v) is 8.77. The number of hydrogen-bond acceptors (Lipinski definition) is 8. The monoisotopic (exact) mass is 418 g/mol. The van der Waals surface area contributed by atoms with E-state index in [1.54, 1.807) is 0 Å². The van der Waals surface area contributed by atoms with Gasteiger partial charge in [-0.25, -0.2) is 4.58 Å². The van der Waals surface area contributed by atoms with Crippen LogP contribution in [0.2, 0.25) is 0 Å². The molecule has 1 aliphatic rings. The van der Waals surface area contributed by atoms with Crippen molar-refractivity contribution in [3.63, 3.8) is 0 Å². The molecule has 2 aromatic rings. The third kappa shape index (κ3) is 5.54. The van der Waals surface area contributed by atoms with Crippen LogP contribution in [-0.4, -0.2) is 43.8 Å². The van der Waals surface area contributed by atoms with Gasteiger partial charge in [-0.2, -0.15) is 0 Å². The van der Waals surface area contributed by atoms with Crippen LogP contribution in [-0.2, 0) is 13.0 Å². The fourth-order valence-electron chi connectivity index (χ4n) is 2.83. The van der Waals surface area contributed by atoms with E-state index in [1.165, 1.54) is 11.1 Å². The van der Waals surface area contributed by atoms with E-state index in [0.29, 0.717) is 12.1 Å². The lowest BCUT2D eigenvalue weighted by molar-refractivity contribution is -0.542. The number of nitrogens with zero attached hydrogens (tertiary/aromatic N) is 4. The number of hydrogen-bond donors (Lipinski definition) is 1. The van der Waals surface area contributed by atoms with Gasteiger partial charge < -0.3 is 10.2 Å². The topological polar surface area (TPSA) is 176 Å². The Morgan fingerprint density at radius 3 is 2.00 bits per heavy atom. The molecular weight excluding hydrogens is 400 g/mol. The maximum Gasteiger partial charge on any atom is 0.283 e. The third-order valence-electron chi connectivity index (χ3n) is 4.30. The fourth-order valence-corrected chi connectivity index (χ4v) is 2.83. The summed E-state index contributed by atoms with van der Waals surface area (Å²) in [4.78, 5) is 27.5. The lowest BCUT2D eigenvalue weighted by atomic mass is 10.0. The molecular formula is C18H18N4O8. The van der Waals surface area contributed by atoms with Crippen molar-refractivity contribution in [2.75, 3.05) is 13.2 Å². The van der Waals surface area contributed by atoms with Gasteiger partial charge in [-0.15, -0.1) is 0 Å². The van der Waals surface area contributed by atoms with Crippen molar-refractivity contribution < 1.29 is 29.6 Å². The summed E-state index contributed by atoms with van der Waals surface area (Å²) in [5, 5.41) is 50.9. The van der Waals surface area contributed by atoms with Gasteiger partial charge in [0.2, 0.25) is 0 Å². The highest BCUT2D eigenvalue weighted by molar-refractivity contribution is 5.64. The van der Waals surface area contributed by atoms with Crippen LogP contribution in [0.15, 0.2) is 36.4 Å². The van der Waals surface area contributed by atoms with Crippen LogP contribution in [0.3, 0.4) is 0 Å². The molecule has 0 saturated heterocycles. The first-order chi connectivity index (χ1) is 14.2. The van der Waals surface area contributed by atoms with Gasteiger partial charge in [0.1, 0.15) is 12.8 Å². The van der Waals surface area contributed by atoms with E-state index in [2.05, 4.69) is 35.1 Å². The Hall–Kier alpha value is -3.93. The summed E-state index contributed by atoms with van der Waals surface area (Å²) in [6, 6.07) is 9.33. The molecule has 0 atom stereocenters. The van der Waals surface area contributed by atoms with Gasteiger partial charge in [0, 0.05) is 18.6 Å². The van der Waals surface area contributed by atoms with Crippen LogP contribution in [0.1, 0.15) is 17.5 Å². The van der Waals surface area contributed by atoms with Gasteiger partial charge in [0.15, 0.2) is 6.54 Å². The summed E-state index contributed by atoms with van der Waals surface area (Å²) in [6.07, 6.45) is 4.12. The first-order valence-electron chi connectivity index (χ1n) is 8.77. The number of fused-ring (bicyclic) bond motifs is 1. The Balaban J connectivity index is 0.000000215. The van der Waals surface area contributed by atoms with E-state index >= 15 is 0 Å². The summed E-state index contributed by atoms with van der Waals surface area (Å²) in [5.74, 6) is -1.46. The largest absolute Gasteiger partial charge is 0.863 e. The van der Waals surface area contributed by atoms with Crippen LogP contribution >= 0.6 is 0 Å². The van der Waals surface area contributed by atoms with Crippen LogP contribution in [0.25, 0.3) is 0 Å². The maximum atomic E-state index is 11.1. The molecule has 0 unspecified atom stereocenters. The van der Waals surface area contributed by atoms with Gasteiger partial charge in [-0.05, 0) is 5.56 Å². The molecule has 0 amide bonds. The minimum atomic E-state index is -1.46. The van der Waals surface area contributed by atoms with E-state index in [4.69, 9.17) is 5.11 Å². The van der Waals surface area contributed by atoms with E-state index in [1.807, 2.05) is 0 Å². The average molecular weight is 418 g/mol. The Morgan fingerprint density at radius 1 is 0.933 bits per heavy atom. The first kappa shape index (κ1) is 22.4. The molecule has 1 N–H and O–H groups in total. The van der Waals surface area contributed by atoms with Crippen molar-refractivity contribution in [2.24, 2.45) is 0 Å². The van der Waals surface area contributed by atoms with Crippen LogP contribution in [0, 0.1) is 30.3 Å². The number of rotatable bonds is 6. The normalized spacial score (nSPS) is 12.1. The number of aliphatic hydroxyl groups excluding tert-OH is 1. The minimum absolute atomic E-state index is 0.284. The Bertz CT molecular complexity index is 970. The van der Waals surface area contributed by atoms with Crippen molar-refractivity contribution in [2.45, 2.75) is 19.4 Å². The number of benzene rings is 2. The zero-order valence-electron chi connectivity index (χ0n) is 15.7. The van der Waals surface area contributed by atoms with E-state index < -0.39 is 37.6 Å². The molecule has 1 heterocycles. The molecule has 158 valence electrons. The standard InChI is InChI=1S/C12H16NO.C6H3N3O7/c14-9-3-7-13-8-6-11-4-1-2-5-12(11)10-13;10-6-4(8(13)14)1-3(7(11)12)2-5(6)9(15)16/h1-2,4-5,8,14H,3,6-7,9-10H2;1-2,10H/q+1;/p-1. The SMILES string of the molecule is O=[N+]([O-])c1cc([N+](=O)[O-])c([O-])c([N+](=O)[O-])c1.OCCC[N+]1=CCc2ccccc2C1. The molecule has 0 aliphatic carbocycles. The zero-order chi connectivity index (χ0) is 22.3. The highest BCUT2D eigenvalue weighted by Crippen LogP contribution is 2.36. The van der Waals surface area contributed by atoms with E-state index in [0.717, 1.165) is 25.9 Å². The van der Waals surface area contributed by atoms with Crippen molar-refractivity contribution in [1.82, 2.24) is 0 Å². The van der Waals surface area contributed by atoms with Crippen molar-refractivity contribution in [1.29, 1.82) is 0 Å². The molecule has 0 radical (unpaired) electrons. The lowest BCUT2D eigenvalue weighted by Gasteiger charge is -2.12. The Morgan fingerprint density at radius 2 is 1.50 bits per heavy atom. The number of aliphatic hydroxyl groups is 1. The van der Waals surface area contributed by atoms with Crippen LogP contribution in [0.5, 0.6) is 5.75 Å². The van der Waals surface area contributed by atoms with Crippen molar-refractivity contribution >= 4 is 23.3 Å². The summed E-state index contributed by atoms with van der Waals surface area (Å²) >= 11 is 0. The summed E-state index contributed by atoms with van der Waals surface area (Å²) in [5.41, 5.74) is -0.402. The van der Waals surface area contributed by atoms with Gasteiger partial charge in [-0.3, -0.25) is 30.3 Å². The zero-order valence-corrected chi connectivity index (χ0v) is 15.7. The smallest absolute Gasteiger partial charge is 0.283 e. The molecule has 0 fully saturated rings. The molecule has 12 nitrogen and oxygen atoms in total. The Kier molecular flexibility index (Phi) is 7.47. The molecule has 12 heteroatoms. The summed E-state index contributed by atoms with van der Waals surface area (Å²) in [6.45, 7) is 2.24.